The van der Waals surface area contributed by atoms with Crippen molar-refractivity contribution in [1.29, 1.82) is 0 Å². The maximum Gasteiger partial charge on any atom is 0.205 e. The van der Waals surface area contributed by atoms with Crippen LogP contribution in [0, 0.1) is 5.41 Å². The van der Waals surface area contributed by atoms with Crippen molar-refractivity contribution < 1.29 is 14.2 Å². The van der Waals surface area contributed by atoms with Gasteiger partial charge in [-0.2, -0.15) is 0 Å². The molecule has 0 aromatic heterocycles. The summed E-state index contributed by atoms with van der Waals surface area (Å²) in [4.78, 5) is 0. The van der Waals surface area contributed by atoms with Gasteiger partial charge in [-0.15, -0.1) is 0 Å². The molecule has 0 aliphatic carbocycles. The summed E-state index contributed by atoms with van der Waals surface area (Å²) in [5.74, 6) is 2.33. The Hall–Kier alpha value is -2.00. The van der Waals surface area contributed by atoms with Gasteiger partial charge in [0.15, 0.2) is 0 Å². The molecule has 3 unspecified atom stereocenters. The molecule has 3 nitrogen and oxygen atoms in total. The maximum absolute atomic E-state index is 6.48. The van der Waals surface area contributed by atoms with Gasteiger partial charge < -0.3 is 14.2 Å². The lowest BCUT2D eigenvalue weighted by atomic mass is 9.95. The van der Waals surface area contributed by atoms with E-state index in [1.54, 1.807) is 0 Å². The monoisotopic (exact) mass is 368 g/mol. The first-order valence-corrected chi connectivity index (χ1v) is 10.0. The van der Waals surface area contributed by atoms with Gasteiger partial charge in [0.2, 0.25) is 6.29 Å². The summed E-state index contributed by atoms with van der Waals surface area (Å²) in [5, 5.41) is 0. The van der Waals surface area contributed by atoms with Crippen molar-refractivity contribution in [1.82, 2.24) is 0 Å². The standard InChI is InChI=1S/C24H32O3/c1-6-17(2)18-11-13-19(14-12-18)26-23(24(3,4)5)27-22-15-16-25-21-10-8-7-9-20(21)22/h7-14,17,22-23H,6,15-16H2,1-5H3. The third kappa shape index (κ3) is 4.84. The smallest absolute Gasteiger partial charge is 0.205 e. The first kappa shape index (κ1) is 19.8. The molecule has 0 saturated carbocycles. The zero-order chi connectivity index (χ0) is 19.4. The second kappa shape index (κ2) is 8.35. The lowest BCUT2D eigenvalue weighted by molar-refractivity contribution is -0.179. The van der Waals surface area contributed by atoms with Crippen LogP contribution in [0.3, 0.4) is 0 Å². The summed E-state index contributed by atoms with van der Waals surface area (Å²) in [6.07, 6.45) is 1.61. The molecular formula is C24H32O3. The van der Waals surface area contributed by atoms with Crippen molar-refractivity contribution in [2.45, 2.75) is 65.8 Å². The van der Waals surface area contributed by atoms with Gasteiger partial charge in [0, 0.05) is 17.4 Å². The zero-order valence-corrected chi connectivity index (χ0v) is 17.2. The lowest BCUT2D eigenvalue weighted by Gasteiger charge is -2.36. The highest BCUT2D eigenvalue weighted by atomic mass is 16.7. The molecule has 1 aliphatic rings. The van der Waals surface area contributed by atoms with Gasteiger partial charge >= 0.3 is 0 Å². The number of hydrogen-bond donors (Lipinski definition) is 0. The minimum atomic E-state index is -0.344. The summed E-state index contributed by atoms with van der Waals surface area (Å²) in [7, 11) is 0. The van der Waals surface area contributed by atoms with E-state index in [0.29, 0.717) is 12.5 Å². The average Bonchev–Trinajstić information content (AvgIpc) is 2.67. The average molecular weight is 369 g/mol. The predicted molar refractivity (Wildman–Crippen MR) is 109 cm³/mol. The van der Waals surface area contributed by atoms with E-state index in [4.69, 9.17) is 14.2 Å². The quantitative estimate of drug-likeness (QED) is 0.545. The van der Waals surface area contributed by atoms with E-state index in [-0.39, 0.29) is 17.8 Å². The third-order valence-corrected chi connectivity index (χ3v) is 5.20. The van der Waals surface area contributed by atoms with Gasteiger partial charge in [-0.3, -0.25) is 0 Å². The highest BCUT2D eigenvalue weighted by molar-refractivity contribution is 5.36. The van der Waals surface area contributed by atoms with Crippen LogP contribution in [-0.4, -0.2) is 12.9 Å². The van der Waals surface area contributed by atoms with Gasteiger partial charge in [0.05, 0.1) is 12.7 Å². The topological polar surface area (TPSA) is 27.7 Å². The van der Waals surface area contributed by atoms with Crippen molar-refractivity contribution in [3.05, 3.63) is 59.7 Å². The van der Waals surface area contributed by atoms with Crippen molar-refractivity contribution in [3.63, 3.8) is 0 Å². The lowest BCUT2D eigenvalue weighted by Crippen LogP contribution is -2.37. The number of hydrogen-bond acceptors (Lipinski definition) is 3. The number of fused-ring (bicyclic) bond motifs is 1. The molecule has 3 heteroatoms. The van der Waals surface area contributed by atoms with Crippen LogP contribution in [0.25, 0.3) is 0 Å². The first-order chi connectivity index (χ1) is 12.9. The Morgan fingerprint density at radius 3 is 2.44 bits per heavy atom. The minimum Gasteiger partial charge on any atom is -0.493 e. The Morgan fingerprint density at radius 2 is 1.78 bits per heavy atom. The zero-order valence-electron chi connectivity index (χ0n) is 17.2. The van der Waals surface area contributed by atoms with Crippen LogP contribution in [0.4, 0.5) is 0 Å². The van der Waals surface area contributed by atoms with E-state index in [0.717, 1.165) is 29.9 Å². The maximum atomic E-state index is 6.48. The molecule has 146 valence electrons. The summed E-state index contributed by atoms with van der Waals surface area (Å²) >= 11 is 0. The fourth-order valence-electron chi connectivity index (χ4n) is 3.24. The van der Waals surface area contributed by atoms with E-state index in [9.17, 15) is 0 Å². The molecule has 0 spiro atoms. The molecule has 27 heavy (non-hydrogen) atoms. The Balaban J connectivity index is 1.76. The predicted octanol–water partition coefficient (Wildman–Crippen LogP) is 6.49. The SMILES string of the molecule is CCC(C)c1ccc(OC(OC2CCOc3ccccc32)C(C)(C)C)cc1. The molecule has 0 fully saturated rings. The van der Waals surface area contributed by atoms with E-state index < -0.39 is 0 Å². The fourth-order valence-corrected chi connectivity index (χ4v) is 3.24. The molecule has 0 radical (unpaired) electrons. The molecule has 1 heterocycles. The summed E-state index contributed by atoms with van der Waals surface area (Å²) in [6.45, 7) is 11.6. The molecule has 2 aromatic rings. The molecule has 0 N–H and O–H groups in total. The largest absolute Gasteiger partial charge is 0.493 e. The van der Waals surface area contributed by atoms with Gasteiger partial charge in [0.25, 0.3) is 0 Å². The molecule has 2 aromatic carbocycles. The Bertz CT molecular complexity index is 730. The van der Waals surface area contributed by atoms with E-state index in [1.165, 1.54) is 5.56 Å². The van der Waals surface area contributed by atoms with Crippen LogP contribution in [0.2, 0.25) is 0 Å². The molecular weight excluding hydrogens is 336 g/mol. The highest BCUT2D eigenvalue weighted by Gasteiger charge is 2.33. The second-order valence-electron chi connectivity index (χ2n) is 8.49. The first-order valence-electron chi connectivity index (χ1n) is 10.0. The summed E-state index contributed by atoms with van der Waals surface area (Å²) in [5.41, 5.74) is 2.30. The van der Waals surface area contributed by atoms with E-state index in [2.05, 4.69) is 65.0 Å². The van der Waals surface area contributed by atoms with Crippen LogP contribution in [-0.2, 0) is 4.74 Å². The fraction of sp³-hybridized carbons (Fsp3) is 0.500. The van der Waals surface area contributed by atoms with Crippen LogP contribution < -0.4 is 9.47 Å². The molecule has 3 rings (SSSR count). The Labute approximate surface area is 163 Å². The second-order valence-corrected chi connectivity index (χ2v) is 8.49. The van der Waals surface area contributed by atoms with E-state index >= 15 is 0 Å². The Kier molecular flexibility index (Phi) is 6.11. The highest BCUT2D eigenvalue weighted by Crippen LogP contribution is 2.38. The van der Waals surface area contributed by atoms with Gasteiger partial charge in [0.1, 0.15) is 11.5 Å². The minimum absolute atomic E-state index is 0.0152. The molecule has 1 aliphatic heterocycles. The van der Waals surface area contributed by atoms with Gasteiger partial charge in [-0.1, -0.05) is 65.0 Å². The third-order valence-electron chi connectivity index (χ3n) is 5.20. The number of benzene rings is 2. The van der Waals surface area contributed by atoms with Crippen LogP contribution in [0.5, 0.6) is 11.5 Å². The molecule has 0 amide bonds. The van der Waals surface area contributed by atoms with Crippen molar-refractivity contribution in [2.24, 2.45) is 5.41 Å². The molecule has 3 atom stereocenters. The van der Waals surface area contributed by atoms with Gasteiger partial charge in [-0.05, 0) is 36.1 Å². The van der Waals surface area contributed by atoms with Crippen LogP contribution in [0.15, 0.2) is 48.5 Å². The normalized spacial score (nSPS) is 18.9. The van der Waals surface area contributed by atoms with Crippen LogP contribution >= 0.6 is 0 Å². The van der Waals surface area contributed by atoms with Crippen molar-refractivity contribution in [3.8, 4) is 11.5 Å². The molecule has 0 saturated heterocycles. The number of ether oxygens (including phenoxy) is 3. The van der Waals surface area contributed by atoms with E-state index in [1.807, 2.05) is 18.2 Å². The number of para-hydroxylation sites is 1. The van der Waals surface area contributed by atoms with Crippen molar-refractivity contribution >= 4 is 0 Å². The molecule has 0 bridgehead atoms. The summed E-state index contributed by atoms with van der Waals surface area (Å²) < 4.78 is 18.5. The summed E-state index contributed by atoms with van der Waals surface area (Å²) in [6, 6.07) is 16.6. The van der Waals surface area contributed by atoms with Crippen LogP contribution in [0.1, 0.15) is 70.6 Å². The van der Waals surface area contributed by atoms with Crippen molar-refractivity contribution in [2.75, 3.05) is 6.61 Å². The number of rotatable bonds is 6. The van der Waals surface area contributed by atoms with Gasteiger partial charge in [-0.25, -0.2) is 0 Å². The Morgan fingerprint density at radius 1 is 1.07 bits per heavy atom.